The molecule has 3 aromatic rings. The van der Waals surface area contributed by atoms with Gasteiger partial charge in [0.1, 0.15) is 10.8 Å². The van der Waals surface area contributed by atoms with Crippen LogP contribution in [-0.4, -0.2) is 64.2 Å². The number of carbonyl (C=O) groups is 2. The molecule has 5 rings (SSSR count). The molecule has 3 atom stereocenters. The van der Waals surface area contributed by atoms with Crippen molar-refractivity contribution >= 4 is 23.2 Å². The molecule has 2 aromatic carbocycles. The molecule has 9 heteroatoms. The first-order chi connectivity index (χ1) is 19.8. The van der Waals surface area contributed by atoms with E-state index in [1.165, 1.54) is 0 Å². The van der Waals surface area contributed by atoms with E-state index in [1.54, 1.807) is 28.4 Å². The standard InChI is InChI=1S/C32H40N4O4S/c1-20(2)36(18-29-34-21(3)19-41-29)32(39)25-16-23(17-28-24(25)11-8-14-40-28)31(38)35-27(15-22-9-5-4-6-10-22)30(37)26-12-7-13-33-26/h4-6,9-10,16-17,19-20,26-27,30,33,37H,7-8,11-15,18H2,1-3H3,(H,35,38)/t26-,27+,30-/m1/s1. The van der Waals surface area contributed by atoms with Gasteiger partial charge in [0.15, 0.2) is 0 Å². The Morgan fingerprint density at radius 1 is 1.22 bits per heavy atom. The van der Waals surface area contributed by atoms with Crippen molar-refractivity contribution in [3.05, 3.63) is 80.8 Å². The normalized spacial score (nSPS) is 17.9. The van der Waals surface area contributed by atoms with Gasteiger partial charge in [-0.3, -0.25) is 9.59 Å². The SMILES string of the molecule is Cc1csc(CN(C(=O)c2cc(C(=O)N[C@@H](Cc3ccccc3)[C@H](O)[C@H]3CCCN3)cc3c2CCCO3)C(C)C)n1. The first-order valence-corrected chi connectivity index (χ1v) is 15.5. The molecular weight excluding hydrogens is 536 g/mol. The summed E-state index contributed by atoms with van der Waals surface area (Å²) in [6, 6.07) is 12.7. The van der Waals surface area contributed by atoms with Crippen molar-refractivity contribution < 1.29 is 19.4 Å². The maximum Gasteiger partial charge on any atom is 0.254 e. The van der Waals surface area contributed by atoms with Gasteiger partial charge in [-0.05, 0) is 77.1 Å². The first kappa shape index (κ1) is 29.2. The van der Waals surface area contributed by atoms with Crippen LogP contribution in [0.1, 0.15) is 75.7 Å². The summed E-state index contributed by atoms with van der Waals surface area (Å²) < 4.78 is 5.98. The molecule has 0 unspecified atom stereocenters. The van der Waals surface area contributed by atoms with Crippen molar-refractivity contribution in [2.24, 2.45) is 0 Å². The number of nitrogens with one attached hydrogen (secondary N) is 2. The van der Waals surface area contributed by atoms with E-state index in [2.05, 4.69) is 15.6 Å². The molecule has 3 heterocycles. The van der Waals surface area contributed by atoms with Gasteiger partial charge in [-0.2, -0.15) is 0 Å². The topological polar surface area (TPSA) is 104 Å². The van der Waals surface area contributed by atoms with Gasteiger partial charge in [0.05, 0.1) is 25.3 Å². The minimum Gasteiger partial charge on any atom is -0.493 e. The summed E-state index contributed by atoms with van der Waals surface area (Å²) in [6.45, 7) is 7.73. The summed E-state index contributed by atoms with van der Waals surface area (Å²) in [5.41, 5.74) is 3.66. The monoisotopic (exact) mass is 576 g/mol. The van der Waals surface area contributed by atoms with Gasteiger partial charge in [0, 0.05) is 39.8 Å². The molecule has 2 amide bonds. The summed E-state index contributed by atoms with van der Waals surface area (Å²) in [6.07, 6.45) is 3.11. The number of aryl methyl sites for hydroxylation is 1. The van der Waals surface area contributed by atoms with E-state index in [9.17, 15) is 14.7 Å². The number of benzene rings is 2. The van der Waals surface area contributed by atoms with Crippen molar-refractivity contribution in [2.75, 3.05) is 13.2 Å². The zero-order valence-corrected chi connectivity index (χ0v) is 24.9. The van der Waals surface area contributed by atoms with Gasteiger partial charge in [-0.15, -0.1) is 11.3 Å². The lowest BCUT2D eigenvalue weighted by Crippen LogP contribution is -2.52. The number of nitrogens with zero attached hydrogens (tertiary/aromatic N) is 2. The summed E-state index contributed by atoms with van der Waals surface area (Å²) in [5.74, 6) is 0.111. The molecule has 1 aromatic heterocycles. The van der Waals surface area contributed by atoms with Crippen molar-refractivity contribution in [3.8, 4) is 5.75 Å². The van der Waals surface area contributed by atoms with E-state index < -0.39 is 12.1 Å². The molecule has 3 N–H and O–H groups in total. The van der Waals surface area contributed by atoms with Crippen LogP contribution in [0.2, 0.25) is 0 Å². The Kier molecular flexibility index (Phi) is 9.37. The van der Waals surface area contributed by atoms with Crippen LogP contribution in [0.15, 0.2) is 47.8 Å². The summed E-state index contributed by atoms with van der Waals surface area (Å²) >= 11 is 1.54. The van der Waals surface area contributed by atoms with Crippen LogP contribution in [0.3, 0.4) is 0 Å². The number of hydrogen-bond acceptors (Lipinski definition) is 7. The molecule has 1 saturated heterocycles. The highest BCUT2D eigenvalue weighted by Crippen LogP contribution is 2.32. The zero-order chi connectivity index (χ0) is 28.9. The van der Waals surface area contributed by atoms with Crippen molar-refractivity contribution in [1.29, 1.82) is 0 Å². The number of aliphatic hydroxyl groups is 1. The molecule has 41 heavy (non-hydrogen) atoms. The van der Waals surface area contributed by atoms with E-state index in [-0.39, 0.29) is 23.9 Å². The second-order valence-electron chi connectivity index (χ2n) is 11.3. The molecule has 0 bridgehead atoms. The van der Waals surface area contributed by atoms with E-state index >= 15 is 0 Å². The quantitative estimate of drug-likeness (QED) is 0.333. The van der Waals surface area contributed by atoms with Crippen LogP contribution >= 0.6 is 11.3 Å². The predicted octanol–water partition coefficient (Wildman–Crippen LogP) is 4.28. The molecule has 0 saturated carbocycles. The Morgan fingerprint density at radius 2 is 2.02 bits per heavy atom. The lowest BCUT2D eigenvalue weighted by atomic mass is 9.93. The third-order valence-electron chi connectivity index (χ3n) is 7.92. The molecule has 2 aliphatic rings. The van der Waals surface area contributed by atoms with E-state index in [0.29, 0.717) is 42.9 Å². The molecule has 0 aliphatic carbocycles. The Hall–Kier alpha value is -3.27. The number of amides is 2. The van der Waals surface area contributed by atoms with Gasteiger partial charge < -0.3 is 25.4 Å². The minimum atomic E-state index is -0.755. The number of aliphatic hydroxyl groups excluding tert-OH is 1. The Labute approximate surface area is 246 Å². The highest BCUT2D eigenvalue weighted by atomic mass is 32.1. The first-order valence-electron chi connectivity index (χ1n) is 14.6. The molecule has 0 radical (unpaired) electrons. The maximum atomic E-state index is 14.1. The Balaban J connectivity index is 1.44. The third-order valence-corrected chi connectivity index (χ3v) is 8.88. The molecule has 2 aliphatic heterocycles. The van der Waals surface area contributed by atoms with Crippen molar-refractivity contribution in [1.82, 2.24) is 20.5 Å². The third kappa shape index (κ3) is 6.97. The minimum absolute atomic E-state index is 0.0614. The maximum absolute atomic E-state index is 14.1. The van der Waals surface area contributed by atoms with Crippen LogP contribution in [0.25, 0.3) is 0 Å². The fourth-order valence-corrected chi connectivity index (χ4v) is 6.48. The largest absolute Gasteiger partial charge is 0.493 e. The van der Waals surface area contributed by atoms with Crippen molar-refractivity contribution in [2.45, 2.75) is 83.6 Å². The number of carbonyl (C=O) groups excluding carboxylic acids is 2. The van der Waals surface area contributed by atoms with Crippen LogP contribution in [0.5, 0.6) is 5.75 Å². The van der Waals surface area contributed by atoms with Crippen LogP contribution < -0.4 is 15.4 Å². The summed E-state index contributed by atoms with van der Waals surface area (Å²) in [7, 11) is 0. The van der Waals surface area contributed by atoms with E-state index in [1.807, 2.05) is 56.5 Å². The summed E-state index contributed by atoms with van der Waals surface area (Å²) in [4.78, 5) is 34.2. The molecule has 218 valence electrons. The lowest BCUT2D eigenvalue weighted by molar-refractivity contribution is 0.0687. The van der Waals surface area contributed by atoms with E-state index in [4.69, 9.17) is 4.74 Å². The molecule has 1 fully saturated rings. The second kappa shape index (κ2) is 13.1. The predicted molar refractivity (Wildman–Crippen MR) is 161 cm³/mol. The highest BCUT2D eigenvalue weighted by Gasteiger charge is 2.32. The van der Waals surface area contributed by atoms with Gasteiger partial charge in [-0.1, -0.05) is 30.3 Å². The second-order valence-corrected chi connectivity index (χ2v) is 12.3. The average molecular weight is 577 g/mol. The molecular formula is C32H40N4O4S. The molecule has 8 nitrogen and oxygen atoms in total. The van der Waals surface area contributed by atoms with Crippen molar-refractivity contribution in [3.63, 3.8) is 0 Å². The number of ether oxygens (including phenoxy) is 1. The lowest BCUT2D eigenvalue weighted by Gasteiger charge is -2.30. The fraction of sp³-hybridized carbons (Fsp3) is 0.469. The Morgan fingerprint density at radius 3 is 2.71 bits per heavy atom. The van der Waals surface area contributed by atoms with Gasteiger partial charge in [0.25, 0.3) is 11.8 Å². The van der Waals surface area contributed by atoms with Crippen LogP contribution in [-0.2, 0) is 19.4 Å². The Bertz CT molecular complexity index is 1350. The number of hydrogen-bond donors (Lipinski definition) is 3. The summed E-state index contributed by atoms with van der Waals surface area (Å²) in [5, 5.41) is 20.6. The van der Waals surface area contributed by atoms with Gasteiger partial charge in [-0.25, -0.2) is 4.98 Å². The highest BCUT2D eigenvalue weighted by molar-refractivity contribution is 7.09. The smallest absolute Gasteiger partial charge is 0.254 e. The number of thiazole rings is 1. The van der Waals surface area contributed by atoms with E-state index in [0.717, 1.165) is 47.6 Å². The van der Waals surface area contributed by atoms with Crippen LogP contribution in [0, 0.1) is 6.92 Å². The van der Waals surface area contributed by atoms with Gasteiger partial charge >= 0.3 is 0 Å². The molecule has 0 spiro atoms. The zero-order valence-electron chi connectivity index (χ0n) is 24.1. The number of aromatic nitrogens is 1. The number of rotatable bonds is 10. The van der Waals surface area contributed by atoms with Crippen LogP contribution in [0.4, 0.5) is 0 Å². The number of fused-ring (bicyclic) bond motifs is 1. The fourth-order valence-electron chi connectivity index (χ4n) is 5.71. The average Bonchev–Trinajstić information content (AvgIpc) is 3.66. The van der Waals surface area contributed by atoms with Gasteiger partial charge in [0.2, 0.25) is 0 Å².